The molecule has 0 fully saturated rings. The van der Waals surface area contributed by atoms with E-state index >= 15 is 0 Å². The summed E-state index contributed by atoms with van der Waals surface area (Å²) in [4.78, 5) is 4.29. The molecule has 0 amide bonds. The van der Waals surface area contributed by atoms with E-state index in [2.05, 4.69) is 22.3 Å². The minimum Gasteiger partial charge on any atom is -0.313 e. The van der Waals surface area contributed by atoms with Gasteiger partial charge < -0.3 is 5.32 Å². The van der Waals surface area contributed by atoms with Gasteiger partial charge in [-0.3, -0.25) is 4.68 Å². The largest absolute Gasteiger partial charge is 0.313 e. The summed E-state index contributed by atoms with van der Waals surface area (Å²) in [7, 11) is 1.84. The molecule has 1 aromatic carbocycles. The molecule has 0 aliphatic heterocycles. The molecule has 0 aliphatic rings. The molecule has 108 valence electrons. The lowest BCUT2D eigenvalue weighted by molar-refractivity contribution is 0.496. The number of nitrogens with zero attached hydrogens (tertiary/aromatic N) is 3. The lowest BCUT2D eigenvalue weighted by Crippen LogP contribution is -2.22. The number of halogens is 1. The molecule has 1 atom stereocenters. The fraction of sp³-hybridized carbons (Fsp3) is 0.467. The Morgan fingerprint density at radius 1 is 1.40 bits per heavy atom. The number of rotatable bonds is 6. The van der Waals surface area contributed by atoms with Gasteiger partial charge in [0.1, 0.15) is 18.0 Å². The van der Waals surface area contributed by atoms with Crippen molar-refractivity contribution in [1.29, 1.82) is 0 Å². The third-order valence-corrected chi connectivity index (χ3v) is 3.39. The predicted octanol–water partition coefficient (Wildman–Crippen LogP) is 2.64. The van der Waals surface area contributed by atoms with E-state index in [0.717, 1.165) is 24.4 Å². The summed E-state index contributed by atoms with van der Waals surface area (Å²) in [6.07, 6.45) is 3.18. The van der Waals surface area contributed by atoms with E-state index in [0.29, 0.717) is 12.0 Å². The molecule has 1 unspecified atom stereocenters. The first-order valence-corrected chi connectivity index (χ1v) is 6.95. The van der Waals surface area contributed by atoms with E-state index in [1.165, 1.54) is 6.07 Å². The maximum absolute atomic E-state index is 14.0. The summed E-state index contributed by atoms with van der Waals surface area (Å²) < 4.78 is 15.9. The van der Waals surface area contributed by atoms with Gasteiger partial charge in [-0.2, -0.15) is 5.10 Å². The smallest absolute Gasteiger partial charge is 0.138 e. The Labute approximate surface area is 119 Å². The molecule has 1 N–H and O–H groups in total. The fourth-order valence-corrected chi connectivity index (χ4v) is 2.33. The molecular weight excluding hydrogens is 255 g/mol. The lowest BCUT2D eigenvalue weighted by atomic mass is 10.0. The number of hydrogen-bond acceptors (Lipinski definition) is 3. The summed E-state index contributed by atoms with van der Waals surface area (Å²) in [5.41, 5.74) is 1.73. The maximum Gasteiger partial charge on any atom is 0.138 e. The first-order valence-electron chi connectivity index (χ1n) is 6.95. The van der Waals surface area contributed by atoms with Crippen molar-refractivity contribution < 1.29 is 4.39 Å². The minimum atomic E-state index is -0.184. The number of aryl methyl sites for hydroxylation is 2. The van der Waals surface area contributed by atoms with Crippen LogP contribution in [-0.2, 0) is 13.0 Å². The summed E-state index contributed by atoms with van der Waals surface area (Å²) in [5, 5.41) is 7.38. The summed E-state index contributed by atoms with van der Waals surface area (Å²) in [6, 6.07) is 5.09. The van der Waals surface area contributed by atoms with Crippen LogP contribution < -0.4 is 5.32 Å². The van der Waals surface area contributed by atoms with E-state index < -0.39 is 0 Å². The van der Waals surface area contributed by atoms with Gasteiger partial charge in [-0.15, -0.1) is 0 Å². The Kier molecular flexibility index (Phi) is 4.84. The Bertz CT molecular complexity index is 565. The van der Waals surface area contributed by atoms with Crippen molar-refractivity contribution in [2.45, 2.75) is 39.3 Å². The average molecular weight is 276 g/mol. The highest BCUT2D eigenvalue weighted by molar-refractivity contribution is 5.27. The Morgan fingerprint density at radius 3 is 2.90 bits per heavy atom. The van der Waals surface area contributed by atoms with Crippen molar-refractivity contribution >= 4 is 0 Å². The van der Waals surface area contributed by atoms with Crippen LogP contribution in [0.5, 0.6) is 0 Å². The normalized spacial score (nSPS) is 12.6. The van der Waals surface area contributed by atoms with Gasteiger partial charge in [0, 0.05) is 24.6 Å². The number of likely N-dealkylation sites (N-methyl/N-ethyl adjacent to an activating group) is 1. The zero-order chi connectivity index (χ0) is 14.5. The molecule has 1 aromatic heterocycles. The summed E-state index contributed by atoms with van der Waals surface area (Å²) >= 11 is 0. The lowest BCUT2D eigenvalue weighted by Gasteiger charge is -2.18. The summed E-state index contributed by atoms with van der Waals surface area (Å²) in [6.45, 7) is 4.90. The maximum atomic E-state index is 14.0. The van der Waals surface area contributed by atoms with Gasteiger partial charge in [-0.1, -0.05) is 24.6 Å². The number of hydrogen-bond donors (Lipinski definition) is 1. The molecule has 2 rings (SSSR count). The molecule has 0 spiro atoms. The van der Waals surface area contributed by atoms with Crippen LogP contribution >= 0.6 is 0 Å². The second kappa shape index (κ2) is 6.61. The Morgan fingerprint density at radius 2 is 2.20 bits per heavy atom. The molecule has 5 heteroatoms. The van der Waals surface area contributed by atoms with Crippen molar-refractivity contribution in [2.75, 3.05) is 7.05 Å². The van der Waals surface area contributed by atoms with Crippen LogP contribution in [0.3, 0.4) is 0 Å². The van der Waals surface area contributed by atoms with Crippen molar-refractivity contribution in [2.24, 2.45) is 0 Å². The van der Waals surface area contributed by atoms with Crippen LogP contribution in [0.25, 0.3) is 0 Å². The van der Waals surface area contributed by atoms with Gasteiger partial charge in [0.2, 0.25) is 0 Å². The van der Waals surface area contributed by atoms with Crippen molar-refractivity contribution in [1.82, 2.24) is 20.1 Å². The molecule has 0 saturated heterocycles. The third-order valence-electron chi connectivity index (χ3n) is 3.39. The molecule has 0 bridgehead atoms. The second-order valence-corrected chi connectivity index (χ2v) is 4.97. The number of nitrogens with one attached hydrogen (secondary N) is 1. The van der Waals surface area contributed by atoms with Crippen molar-refractivity contribution in [3.63, 3.8) is 0 Å². The Balaban J connectivity index is 2.24. The van der Waals surface area contributed by atoms with Gasteiger partial charge in [0.15, 0.2) is 0 Å². The molecule has 0 radical (unpaired) electrons. The topological polar surface area (TPSA) is 42.7 Å². The van der Waals surface area contributed by atoms with Gasteiger partial charge in [-0.25, -0.2) is 9.37 Å². The highest BCUT2D eigenvalue weighted by atomic mass is 19.1. The quantitative estimate of drug-likeness (QED) is 0.882. The van der Waals surface area contributed by atoms with Crippen LogP contribution in [0.2, 0.25) is 0 Å². The molecule has 0 saturated carbocycles. The van der Waals surface area contributed by atoms with Crippen molar-refractivity contribution in [3.05, 3.63) is 47.3 Å². The molecule has 4 nitrogen and oxygen atoms in total. The standard InChI is InChI=1S/C15H21FN4/c1-4-7-20-15(18-10-19-20)9-14(17-3)12-8-11(2)5-6-13(12)16/h5-6,8,10,14,17H,4,7,9H2,1-3H3. The van der Waals surface area contributed by atoms with Gasteiger partial charge >= 0.3 is 0 Å². The van der Waals surface area contributed by atoms with Gasteiger partial charge in [0.25, 0.3) is 0 Å². The predicted molar refractivity (Wildman–Crippen MR) is 77.0 cm³/mol. The molecule has 2 aromatic rings. The Hall–Kier alpha value is -1.75. The third kappa shape index (κ3) is 3.22. The zero-order valence-electron chi connectivity index (χ0n) is 12.2. The van der Waals surface area contributed by atoms with Crippen LogP contribution in [-0.4, -0.2) is 21.8 Å². The first-order chi connectivity index (χ1) is 9.65. The van der Waals surface area contributed by atoms with Crippen LogP contribution in [0.1, 0.15) is 36.3 Å². The number of aromatic nitrogens is 3. The van der Waals surface area contributed by atoms with Crippen LogP contribution in [0.15, 0.2) is 24.5 Å². The molecule has 1 heterocycles. The monoisotopic (exact) mass is 276 g/mol. The first kappa shape index (κ1) is 14.7. The second-order valence-electron chi connectivity index (χ2n) is 4.97. The van der Waals surface area contributed by atoms with Crippen LogP contribution in [0, 0.1) is 12.7 Å². The SMILES string of the molecule is CCCn1ncnc1CC(NC)c1cc(C)ccc1F. The fourth-order valence-electron chi connectivity index (χ4n) is 2.33. The average Bonchev–Trinajstić information content (AvgIpc) is 2.87. The molecule has 20 heavy (non-hydrogen) atoms. The van der Waals surface area contributed by atoms with E-state index in [1.54, 1.807) is 12.4 Å². The van der Waals surface area contributed by atoms with Gasteiger partial charge in [0.05, 0.1) is 0 Å². The van der Waals surface area contributed by atoms with E-state index in [-0.39, 0.29) is 11.9 Å². The van der Waals surface area contributed by atoms with E-state index in [9.17, 15) is 4.39 Å². The zero-order valence-corrected chi connectivity index (χ0v) is 12.2. The summed E-state index contributed by atoms with van der Waals surface area (Å²) in [5.74, 6) is 0.698. The highest BCUT2D eigenvalue weighted by Crippen LogP contribution is 2.21. The molecular formula is C15H21FN4. The minimum absolute atomic E-state index is 0.102. The van der Waals surface area contributed by atoms with Crippen LogP contribution in [0.4, 0.5) is 4.39 Å². The van der Waals surface area contributed by atoms with E-state index in [4.69, 9.17) is 0 Å². The van der Waals surface area contributed by atoms with E-state index in [1.807, 2.05) is 24.7 Å². The van der Waals surface area contributed by atoms with Gasteiger partial charge in [-0.05, 0) is 26.5 Å². The number of benzene rings is 1. The highest BCUT2D eigenvalue weighted by Gasteiger charge is 2.17. The van der Waals surface area contributed by atoms with Crippen molar-refractivity contribution in [3.8, 4) is 0 Å². The molecule has 0 aliphatic carbocycles.